The minimum Gasteiger partial charge on any atom is -0.326 e. The highest BCUT2D eigenvalue weighted by Gasteiger charge is 2.30. The monoisotopic (exact) mass is 131 g/mol. The Labute approximate surface area is 55.0 Å². The summed E-state index contributed by atoms with van der Waals surface area (Å²) in [5, 5.41) is 0.745. The van der Waals surface area contributed by atoms with Gasteiger partial charge in [-0.1, -0.05) is 13.8 Å². The van der Waals surface area contributed by atoms with Crippen molar-refractivity contribution in [3.05, 3.63) is 0 Å². The molecule has 1 heterocycles. The van der Waals surface area contributed by atoms with Crippen molar-refractivity contribution in [2.75, 3.05) is 5.75 Å². The molecule has 48 valence electrons. The van der Waals surface area contributed by atoms with Crippen LogP contribution in [0.3, 0.4) is 0 Å². The zero-order valence-corrected chi connectivity index (χ0v) is 6.24. The van der Waals surface area contributed by atoms with Crippen LogP contribution >= 0.6 is 11.8 Å². The van der Waals surface area contributed by atoms with Gasteiger partial charge in [0.25, 0.3) is 0 Å². The molecule has 0 aromatic rings. The number of hydrogen-bond acceptors (Lipinski definition) is 2. The van der Waals surface area contributed by atoms with Gasteiger partial charge in [0.15, 0.2) is 0 Å². The van der Waals surface area contributed by atoms with E-state index in [-0.39, 0.29) is 0 Å². The van der Waals surface area contributed by atoms with E-state index in [1.54, 1.807) is 0 Å². The fourth-order valence-corrected chi connectivity index (χ4v) is 2.03. The Kier molecular flexibility index (Phi) is 1.83. The highest BCUT2D eigenvalue weighted by molar-refractivity contribution is 8.01. The van der Waals surface area contributed by atoms with E-state index in [1.165, 1.54) is 5.75 Å². The average Bonchev–Trinajstić information content (AvgIpc) is 1.61. The second-order valence-corrected chi connectivity index (χ2v) is 3.92. The first-order chi connectivity index (χ1) is 3.72. The van der Waals surface area contributed by atoms with E-state index < -0.39 is 0 Å². The molecule has 8 heavy (non-hydrogen) atoms. The molecule has 2 atom stereocenters. The summed E-state index contributed by atoms with van der Waals surface area (Å²) < 4.78 is 0. The molecule has 2 N–H and O–H groups in total. The van der Waals surface area contributed by atoms with Gasteiger partial charge in [-0.2, -0.15) is 11.8 Å². The van der Waals surface area contributed by atoms with Crippen LogP contribution in [-0.4, -0.2) is 17.0 Å². The Balaban J connectivity index is 2.26. The molecule has 1 nitrogen and oxygen atoms in total. The van der Waals surface area contributed by atoms with Gasteiger partial charge in [-0.15, -0.1) is 0 Å². The number of rotatable bonds is 1. The van der Waals surface area contributed by atoms with Crippen LogP contribution in [0.5, 0.6) is 0 Å². The van der Waals surface area contributed by atoms with E-state index in [0.29, 0.717) is 6.04 Å². The first kappa shape index (κ1) is 6.43. The normalized spacial score (nSPS) is 37.5. The van der Waals surface area contributed by atoms with Gasteiger partial charge in [0.1, 0.15) is 0 Å². The molecule has 0 aromatic carbocycles. The van der Waals surface area contributed by atoms with Crippen LogP contribution in [-0.2, 0) is 0 Å². The molecule has 0 aliphatic carbocycles. The third-order valence-corrected chi connectivity index (χ3v) is 3.42. The van der Waals surface area contributed by atoms with Crippen LogP contribution in [0.25, 0.3) is 0 Å². The summed E-state index contributed by atoms with van der Waals surface area (Å²) in [6.45, 7) is 4.47. The Morgan fingerprint density at radius 2 is 2.25 bits per heavy atom. The van der Waals surface area contributed by atoms with Gasteiger partial charge in [-0.25, -0.2) is 0 Å². The lowest BCUT2D eigenvalue weighted by Gasteiger charge is -2.35. The van der Waals surface area contributed by atoms with Crippen LogP contribution in [0.15, 0.2) is 0 Å². The second-order valence-electron chi connectivity index (χ2n) is 2.71. The molecule has 1 aliphatic rings. The van der Waals surface area contributed by atoms with E-state index in [9.17, 15) is 0 Å². The summed E-state index contributed by atoms with van der Waals surface area (Å²) in [5.74, 6) is 1.94. The van der Waals surface area contributed by atoms with Gasteiger partial charge < -0.3 is 5.73 Å². The zero-order chi connectivity index (χ0) is 6.15. The van der Waals surface area contributed by atoms with E-state index in [1.807, 2.05) is 11.8 Å². The van der Waals surface area contributed by atoms with Crippen LogP contribution in [0.4, 0.5) is 0 Å². The first-order valence-corrected chi connectivity index (χ1v) is 4.14. The predicted molar refractivity (Wildman–Crippen MR) is 39.1 cm³/mol. The van der Waals surface area contributed by atoms with Gasteiger partial charge in [-0.05, 0) is 5.92 Å². The Morgan fingerprint density at radius 1 is 1.62 bits per heavy atom. The van der Waals surface area contributed by atoms with Crippen LogP contribution in [0, 0.1) is 5.92 Å². The molecule has 2 heteroatoms. The molecular weight excluding hydrogens is 118 g/mol. The highest BCUT2D eigenvalue weighted by Crippen LogP contribution is 2.32. The third-order valence-electron chi connectivity index (χ3n) is 1.56. The molecule has 1 rings (SSSR count). The molecule has 0 aromatic heterocycles. The van der Waals surface area contributed by atoms with E-state index >= 15 is 0 Å². The molecular formula is C6H13NS. The molecule has 1 saturated heterocycles. The lowest BCUT2D eigenvalue weighted by molar-refractivity contribution is 0.514. The summed E-state index contributed by atoms with van der Waals surface area (Å²) in [6.07, 6.45) is 0. The summed E-state index contributed by atoms with van der Waals surface area (Å²) in [4.78, 5) is 0. The Hall–Kier alpha value is 0.310. The van der Waals surface area contributed by atoms with E-state index in [4.69, 9.17) is 5.73 Å². The van der Waals surface area contributed by atoms with Gasteiger partial charge in [0.05, 0.1) is 0 Å². The van der Waals surface area contributed by atoms with Crippen molar-refractivity contribution in [3.63, 3.8) is 0 Å². The molecule has 0 amide bonds. The standard InChI is InChI=1S/C6H13NS/c1-4(2)6-5(7)3-8-6/h4-6H,3,7H2,1-2H3. The van der Waals surface area contributed by atoms with Gasteiger partial charge in [-0.3, -0.25) is 0 Å². The van der Waals surface area contributed by atoms with Crippen LogP contribution in [0.2, 0.25) is 0 Å². The lowest BCUT2D eigenvalue weighted by Crippen LogP contribution is -2.46. The maximum atomic E-state index is 5.70. The van der Waals surface area contributed by atoms with Crippen molar-refractivity contribution in [1.82, 2.24) is 0 Å². The summed E-state index contributed by atoms with van der Waals surface area (Å²) in [6, 6.07) is 0.486. The largest absolute Gasteiger partial charge is 0.326 e. The number of thioether (sulfide) groups is 1. The number of nitrogens with two attached hydrogens (primary N) is 1. The Morgan fingerprint density at radius 3 is 2.25 bits per heavy atom. The average molecular weight is 131 g/mol. The summed E-state index contributed by atoms with van der Waals surface area (Å²) >= 11 is 2.00. The quantitative estimate of drug-likeness (QED) is 0.576. The number of hydrogen-bond donors (Lipinski definition) is 1. The molecule has 0 radical (unpaired) electrons. The molecule has 2 unspecified atom stereocenters. The molecule has 1 aliphatic heterocycles. The topological polar surface area (TPSA) is 26.0 Å². The molecule has 0 spiro atoms. The maximum Gasteiger partial charge on any atom is 0.0253 e. The van der Waals surface area contributed by atoms with Crippen LogP contribution in [0.1, 0.15) is 13.8 Å². The molecule has 0 saturated carbocycles. The third kappa shape index (κ3) is 1.00. The van der Waals surface area contributed by atoms with Gasteiger partial charge in [0.2, 0.25) is 0 Å². The highest BCUT2D eigenvalue weighted by atomic mass is 32.2. The SMILES string of the molecule is CC(C)C1SCC1N. The minimum absolute atomic E-state index is 0.486. The van der Waals surface area contributed by atoms with E-state index in [0.717, 1.165) is 11.2 Å². The fourth-order valence-electron chi connectivity index (χ4n) is 1.01. The fraction of sp³-hybridized carbons (Fsp3) is 1.00. The van der Waals surface area contributed by atoms with Crippen molar-refractivity contribution in [2.45, 2.75) is 25.1 Å². The van der Waals surface area contributed by atoms with Crippen molar-refractivity contribution >= 4 is 11.8 Å². The van der Waals surface area contributed by atoms with Crippen molar-refractivity contribution in [2.24, 2.45) is 11.7 Å². The van der Waals surface area contributed by atoms with Crippen molar-refractivity contribution in [3.8, 4) is 0 Å². The second kappa shape index (κ2) is 2.28. The minimum atomic E-state index is 0.486. The van der Waals surface area contributed by atoms with Gasteiger partial charge in [0, 0.05) is 17.0 Å². The van der Waals surface area contributed by atoms with Crippen molar-refractivity contribution < 1.29 is 0 Å². The molecule has 1 fully saturated rings. The first-order valence-electron chi connectivity index (χ1n) is 3.09. The predicted octanol–water partition coefficient (Wildman–Crippen LogP) is 1.09. The molecule has 0 bridgehead atoms. The Bertz CT molecular complexity index is 77.8. The lowest BCUT2D eigenvalue weighted by atomic mass is 10.0. The van der Waals surface area contributed by atoms with Crippen molar-refractivity contribution in [1.29, 1.82) is 0 Å². The summed E-state index contributed by atoms with van der Waals surface area (Å²) in [5.41, 5.74) is 5.70. The van der Waals surface area contributed by atoms with E-state index in [2.05, 4.69) is 13.8 Å². The smallest absolute Gasteiger partial charge is 0.0253 e. The van der Waals surface area contributed by atoms with Crippen LogP contribution < -0.4 is 5.73 Å². The summed E-state index contributed by atoms with van der Waals surface area (Å²) in [7, 11) is 0. The zero-order valence-electron chi connectivity index (χ0n) is 5.42. The van der Waals surface area contributed by atoms with Gasteiger partial charge >= 0.3 is 0 Å². The maximum absolute atomic E-state index is 5.70.